The molecule has 5 nitrogen and oxygen atoms in total. The lowest BCUT2D eigenvalue weighted by molar-refractivity contribution is -0.390. The Labute approximate surface area is 101 Å². The standard InChI is InChI=1S/C7H4F3IN2O3/c1-3-2-12-6(16-7(8,9)10)5(4(3)11)13(14)15/h2H,1H3. The molecule has 1 heterocycles. The summed E-state index contributed by atoms with van der Waals surface area (Å²) in [6, 6.07) is 0. The van der Waals surface area contributed by atoms with Crippen molar-refractivity contribution in [3.63, 3.8) is 0 Å². The first-order valence-electron chi connectivity index (χ1n) is 3.77. The van der Waals surface area contributed by atoms with Crippen molar-refractivity contribution in [3.8, 4) is 5.88 Å². The third kappa shape index (κ3) is 2.93. The highest BCUT2D eigenvalue weighted by atomic mass is 127. The van der Waals surface area contributed by atoms with Crippen molar-refractivity contribution >= 4 is 28.3 Å². The van der Waals surface area contributed by atoms with Crippen LogP contribution in [-0.2, 0) is 0 Å². The van der Waals surface area contributed by atoms with Crippen molar-refractivity contribution < 1.29 is 22.8 Å². The summed E-state index contributed by atoms with van der Waals surface area (Å²) in [5.41, 5.74) is -0.375. The Morgan fingerprint density at radius 2 is 2.12 bits per heavy atom. The fourth-order valence-electron chi connectivity index (χ4n) is 0.896. The average molecular weight is 348 g/mol. The summed E-state index contributed by atoms with van der Waals surface area (Å²) in [6.45, 7) is 1.50. The van der Waals surface area contributed by atoms with Crippen molar-refractivity contribution in [2.75, 3.05) is 0 Å². The molecule has 9 heteroatoms. The Balaban J connectivity index is 3.29. The third-order valence-electron chi connectivity index (χ3n) is 1.53. The van der Waals surface area contributed by atoms with Crippen molar-refractivity contribution in [2.45, 2.75) is 13.3 Å². The van der Waals surface area contributed by atoms with Gasteiger partial charge in [0.1, 0.15) is 3.57 Å². The first-order valence-corrected chi connectivity index (χ1v) is 4.85. The lowest BCUT2D eigenvalue weighted by Crippen LogP contribution is -2.19. The quantitative estimate of drug-likeness (QED) is 0.468. The lowest BCUT2D eigenvalue weighted by Gasteiger charge is -2.09. The molecule has 0 radical (unpaired) electrons. The Kier molecular flexibility index (Phi) is 3.55. The van der Waals surface area contributed by atoms with Crippen molar-refractivity contribution in [1.29, 1.82) is 0 Å². The van der Waals surface area contributed by atoms with E-state index in [1.54, 1.807) is 22.6 Å². The summed E-state index contributed by atoms with van der Waals surface area (Å²) < 4.78 is 39.3. The molecule has 0 N–H and O–H groups in total. The molecule has 0 saturated carbocycles. The predicted octanol–water partition coefficient (Wildman–Crippen LogP) is 2.80. The van der Waals surface area contributed by atoms with Gasteiger partial charge in [0.15, 0.2) is 0 Å². The molecule has 1 aromatic heterocycles. The summed E-state index contributed by atoms with van der Waals surface area (Å²) in [7, 11) is 0. The second-order valence-electron chi connectivity index (χ2n) is 2.71. The van der Waals surface area contributed by atoms with Crippen LogP contribution in [0.4, 0.5) is 18.9 Å². The van der Waals surface area contributed by atoms with Crippen molar-refractivity contribution in [1.82, 2.24) is 4.98 Å². The molecule has 0 amide bonds. The molecule has 0 aliphatic rings. The second-order valence-corrected chi connectivity index (χ2v) is 3.79. The zero-order valence-electron chi connectivity index (χ0n) is 7.71. The number of rotatable bonds is 2. The van der Waals surface area contributed by atoms with Gasteiger partial charge in [-0.05, 0) is 35.1 Å². The molecule has 88 valence electrons. The van der Waals surface area contributed by atoms with E-state index < -0.39 is 22.9 Å². The number of alkyl halides is 3. The largest absolute Gasteiger partial charge is 0.574 e. The van der Waals surface area contributed by atoms with Gasteiger partial charge in [-0.1, -0.05) is 0 Å². The topological polar surface area (TPSA) is 65.3 Å². The number of aryl methyl sites for hydroxylation is 1. The van der Waals surface area contributed by atoms with Crippen LogP contribution in [0.25, 0.3) is 0 Å². The molecule has 0 atom stereocenters. The van der Waals surface area contributed by atoms with Gasteiger partial charge in [-0.25, -0.2) is 4.98 Å². The van der Waals surface area contributed by atoms with Gasteiger partial charge in [0.2, 0.25) is 0 Å². The molecule has 0 spiro atoms. The van der Waals surface area contributed by atoms with Gasteiger partial charge in [0.05, 0.1) is 4.92 Å². The molecular weight excluding hydrogens is 344 g/mol. The number of hydrogen-bond acceptors (Lipinski definition) is 4. The van der Waals surface area contributed by atoms with E-state index in [-0.39, 0.29) is 3.57 Å². The van der Waals surface area contributed by atoms with Crippen molar-refractivity contribution in [2.24, 2.45) is 0 Å². The third-order valence-corrected chi connectivity index (χ3v) is 2.89. The van der Waals surface area contributed by atoms with Gasteiger partial charge in [0.25, 0.3) is 0 Å². The molecule has 0 saturated heterocycles. The van der Waals surface area contributed by atoms with Crippen LogP contribution in [0.2, 0.25) is 0 Å². The SMILES string of the molecule is Cc1cnc(OC(F)(F)F)c([N+](=O)[O-])c1I. The number of nitrogens with zero attached hydrogens (tertiary/aromatic N) is 2. The molecular formula is C7H4F3IN2O3. The molecule has 1 rings (SSSR count). The highest BCUT2D eigenvalue weighted by Gasteiger charge is 2.36. The van der Waals surface area contributed by atoms with Gasteiger partial charge in [-0.2, -0.15) is 0 Å². The molecule has 16 heavy (non-hydrogen) atoms. The fraction of sp³-hybridized carbons (Fsp3) is 0.286. The summed E-state index contributed by atoms with van der Waals surface area (Å²) in [6.07, 6.45) is -3.92. The minimum Gasteiger partial charge on any atom is -0.381 e. The summed E-state index contributed by atoms with van der Waals surface area (Å²) >= 11 is 1.57. The minimum absolute atomic E-state index is 0.0665. The Morgan fingerprint density at radius 3 is 2.56 bits per heavy atom. The number of hydrogen-bond donors (Lipinski definition) is 0. The van der Waals surface area contributed by atoms with Crippen LogP contribution in [0.5, 0.6) is 5.88 Å². The summed E-state index contributed by atoms with van der Waals surface area (Å²) in [5, 5.41) is 10.6. The van der Waals surface area contributed by atoms with Gasteiger partial charge >= 0.3 is 17.9 Å². The van der Waals surface area contributed by atoms with Crippen LogP contribution < -0.4 is 4.74 Å². The smallest absolute Gasteiger partial charge is 0.381 e. The highest BCUT2D eigenvalue weighted by Crippen LogP contribution is 2.34. The molecule has 0 aromatic carbocycles. The van der Waals surface area contributed by atoms with Gasteiger partial charge in [-0.15, -0.1) is 13.2 Å². The van der Waals surface area contributed by atoms with E-state index in [0.717, 1.165) is 6.20 Å². The van der Waals surface area contributed by atoms with Gasteiger partial charge < -0.3 is 4.74 Å². The fourth-order valence-corrected chi connectivity index (χ4v) is 1.46. The number of ether oxygens (including phenoxy) is 1. The Bertz CT molecular complexity index is 436. The number of aromatic nitrogens is 1. The molecule has 0 aliphatic carbocycles. The monoisotopic (exact) mass is 348 g/mol. The first kappa shape index (κ1) is 12.9. The first-order chi connectivity index (χ1) is 7.22. The van der Waals surface area contributed by atoms with Crippen LogP contribution in [0.1, 0.15) is 5.56 Å². The van der Waals surface area contributed by atoms with Crippen LogP contribution in [0, 0.1) is 20.6 Å². The lowest BCUT2D eigenvalue weighted by atomic mass is 10.3. The molecule has 0 unspecified atom stereocenters. The van der Waals surface area contributed by atoms with E-state index in [4.69, 9.17) is 0 Å². The van der Waals surface area contributed by atoms with Crippen LogP contribution in [0.3, 0.4) is 0 Å². The zero-order chi connectivity index (χ0) is 12.5. The maximum absolute atomic E-state index is 11.9. The van der Waals surface area contributed by atoms with E-state index in [9.17, 15) is 23.3 Å². The summed E-state index contributed by atoms with van der Waals surface area (Å²) in [4.78, 5) is 12.9. The number of nitro groups is 1. The zero-order valence-corrected chi connectivity index (χ0v) is 9.87. The van der Waals surface area contributed by atoms with Crippen LogP contribution in [0.15, 0.2) is 6.20 Å². The maximum Gasteiger partial charge on any atom is 0.574 e. The van der Waals surface area contributed by atoms with E-state index in [1.165, 1.54) is 6.92 Å². The highest BCUT2D eigenvalue weighted by molar-refractivity contribution is 14.1. The van der Waals surface area contributed by atoms with E-state index in [2.05, 4.69) is 9.72 Å². The molecule has 0 bridgehead atoms. The van der Waals surface area contributed by atoms with Crippen molar-refractivity contribution in [3.05, 3.63) is 25.4 Å². The number of pyridine rings is 1. The maximum atomic E-state index is 11.9. The molecule has 0 aliphatic heterocycles. The Hall–Kier alpha value is -1.13. The van der Waals surface area contributed by atoms with Gasteiger partial charge in [0, 0.05) is 6.20 Å². The van der Waals surface area contributed by atoms with E-state index >= 15 is 0 Å². The predicted molar refractivity (Wildman–Crippen MR) is 55.0 cm³/mol. The normalized spacial score (nSPS) is 11.3. The number of halogens is 4. The van der Waals surface area contributed by atoms with E-state index in [0.29, 0.717) is 5.56 Å². The summed E-state index contributed by atoms with van der Waals surface area (Å²) in [5.74, 6) is -1.05. The van der Waals surface area contributed by atoms with Gasteiger partial charge in [-0.3, -0.25) is 10.1 Å². The molecule has 1 aromatic rings. The van der Waals surface area contributed by atoms with E-state index in [1.807, 2.05) is 0 Å². The Morgan fingerprint density at radius 1 is 1.56 bits per heavy atom. The van der Waals surface area contributed by atoms with Crippen LogP contribution >= 0.6 is 22.6 Å². The van der Waals surface area contributed by atoms with Crippen LogP contribution in [-0.4, -0.2) is 16.3 Å². The minimum atomic E-state index is -5.00. The average Bonchev–Trinajstić information content (AvgIpc) is 2.08. The second kappa shape index (κ2) is 4.39. The molecule has 0 fully saturated rings.